The largest absolute Gasteiger partial charge is 0.354 e. The minimum atomic E-state index is -0.706. The van der Waals surface area contributed by atoms with Crippen molar-refractivity contribution in [3.8, 4) is 0 Å². The molecule has 0 unspecified atom stereocenters. The molecule has 1 N–H and O–H groups in total. The summed E-state index contributed by atoms with van der Waals surface area (Å²) in [4.78, 5) is 25.5. The van der Waals surface area contributed by atoms with Gasteiger partial charge in [-0.25, -0.2) is 4.98 Å². The molecule has 0 spiro atoms. The molecule has 1 rings (SSSR count). The molecule has 0 saturated carbocycles. The molecule has 0 radical (unpaired) electrons. The van der Waals surface area contributed by atoms with Gasteiger partial charge in [0.1, 0.15) is 16.9 Å². The van der Waals surface area contributed by atoms with Crippen LogP contribution in [-0.4, -0.2) is 42.9 Å². The number of ether oxygens (including phenoxy) is 2. The Labute approximate surface area is 113 Å². The van der Waals surface area contributed by atoms with Crippen molar-refractivity contribution in [3.63, 3.8) is 0 Å². The highest BCUT2D eigenvalue weighted by Crippen LogP contribution is 2.20. The molecular formula is C10H12ClN3O5. The van der Waals surface area contributed by atoms with Crippen LogP contribution in [0.3, 0.4) is 0 Å². The van der Waals surface area contributed by atoms with Crippen molar-refractivity contribution in [3.05, 3.63) is 33.1 Å². The lowest BCUT2D eigenvalue weighted by Crippen LogP contribution is -2.34. The van der Waals surface area contributed by atoms with Gasteiger partial charge in [-0.05, 0) is 6.07 Å². The fraction of sp³-hybridized carbons (Fsp3) is 0.400. The van der Waals surface area contributed by atoms with Crippen LogP contribution >= 0.6 is 11.6 Å². The lowest BCUT2D eigenvalue weighted by Gasteiger charge is -2.13. The number of carbonyl (C=O) groups is 1. The lowest BCUT2D eigenvalue weighted by atomic mass is 10.2. The molecular weight excluding hydrogens is 278 g/mol. The molecule has 0 aliphatic carbocycles. The summed E-state index contributed by atoms with van der Waals surface area (Å²) in [6.45, 7) is 0.0446. The molecule has 1 aromatic heterocycles. The van der Waals surface area contributed by atoms with E-state index in [4.69, 9.17) is 21.1 Å². The Balaban J connectivity index is 2.87. The average molecular weight is 290 g/mol. The molecule has 1 aromatic rings. The van der Waals surface area contributed by atoms with Crippen LogP contribution in [0.4, 0.5) is 5.69 Å². The van der Waals surface area contributed by atoms with Gasteiger partial charge in [0.15, 0.2) is 6.29 Å². The molecule has 0 saturated heterocycles. The maximum Gasteiger partial charge on any atom is 0.300 e. The summed E-state index contributed by atoms with van der Waals surface area (Å²) in [5, 5.41) is 13.2. The number of aromatic nitrogens is 1. The van der Waals surface area contributed by atoms with E-state index in [0.29, 0.717) is 0 Å². The third kappa shape index (κ3) is 4.12. The van der Waals surface area contributed by atoms with E-state index in [-0.39, 0.29) is 17.3 Å². The van der Waals surface area contributed by atoms with E-state index in [9.17, 15) is 14.9 Å². The van der Waals surface area contributed by atoms with Crippen molar-refractivity contribution < 1.29 is 19.2 Å². The second kappa shape index (κ2) is 6.98. The van der Waals surface area contributed by atoms with E-state index in [0.717, 1.165) is 12.3 Å². The Morgan fingerprint density at radius 1 is 1.58 bits per heavy atom. The molecule has 0 bridgehead atoms. The molecule has 9 heteroatoms. The van der Waals surface area contributed by atoms with Gasteiger partial charge in [-0.2, -0.15) is 0 Å². The second-order valence-electron chi connectivity index (χ2n) is 3.39. The van der Waals surface area contributed by atoms with Crippen molar-refractivity contribution in [2.75, 3.05) is 20.8 Å². The molecule has 0 aliphatic rings. The molecule has 8 nitrogen and oxygen atoms in total. The van der Waals surface area contributed by atoms with Gasteiger partial charge in [-0.1, -0.05) is 11.6 Å². The summed E-state index contributed by atoms with van der Waals surface area (Å²) in [7, 11) is 2.82. The molecule has 19 heavy (non-hydrogen) atoms. The second-order valence-corrected chi connectivity index (χ2v) is 3.78. The topological polar surface area (TPSA) is 104 Å². The quantitative estimate of drug-likeness (QED) is 0.362. The number of hydrogen-bond donors (Lipinski definition) is 1. The first kappa shape index (κ1) is 15.3. The van der Waals surface area contributed by atoms with Crippen LogP contribution in [0, 0.1) is 10.1 Å². The van der Waals surface area contributed by atoms with E-state index in [1.807, 2.05) is 0 Å². The number of methoxy groups -OCH3 is 2. The van der Waals surface area contributed by atoms with Crippen molar-refractivity contribution in [1.82, 2.24) is 10.3 Å². The average Bonchev–Trinajstić information content (AvgIpc) is 2.39. The van der Waals surface area contributed by atoms with E-state index >= 15 is 0 Å². The van der Waals surface area contributed by atoms with Gasteiger partial charge >= 0.3 is 0 Å². The monoisotopic (exact) mass is 289 g/mol. The summed E-state index contributed by atoms with van der Waals surface area (Å²) in [5.41, 5.74) is -0.593. The van der Waals surface area contributed by atoms with Crippen molar-refractivity contribution in [2.45, 2.75) is 6.29 Å². The molecule has 104 valence electrons. The number of nitro groups is 1. The standard InChI is InChI=1S/C10H12ClN3O5/c1-18-9(19-2)5-13-10(15)6-3-8(11)12-4-7(6)14(16)17/h3-4,9H,5H2,1-2H3,(H,13,15). The zero-order chi connectivity index (χ0) is 14.4. The molecule has 1 amide bonds. The lowest BCUT2D eigenvalue weighted by molar-refractivity contribution is -0.385. The summed E-state index contributed by atoms with van der Waals surface area (Å²) in [6.07, 6.45) is 0.293. The highest BCUT2D eigenvalue weighted by Gasteiger charge is 2.22. The van der Waals surface area contributed by atoms with E-state index in [1.54, 1.807) is 0 Å². The van der Waals surface area contributed by atoms with Gasteiger partial charge in [-0.15, -0.1) is 0 Å². The van der Waals surface area contributed by atoms with Crippen LogP contribution in [-0.2, 0) is 9.47 Å². The summed E-state index contributed by atoms with van der Waals surface area (Å²) in [6, 6.07) is 1.13. The first-order valence-corrected chi connectivity index (χ1v) is 5.51. The van der Waals surface area contributed by atoms with Gasteiger partial charge in [-0.3, -0.25) is 14.9 Å². The van der Waals surface area contributed by atoms with Gasteiger partial charge < -0.3 is 14.8 Å². The number of hydrogen-bond acceptors (Lipinski definition) is 6. The fourth-order valence-electron chi connectivity index (χ4n) is 1.28. The number of carbonyl (C=O) groups excluding carboxylic acids is 1. The first-order valence-electron chi connectivity index (χ1n) is 5.13. The van der Waals surface area contributed by atoms with Crippen LogP contribution in [0.1, 0.15) is 10.4 Å². The van der Waals surface area contributed by atoms with Crippen LogP contribution in [0.15, 0.2) is 12.3 Å². The SMILES string of the molecule is COC(CNC(=O)c1cc(Cl)ncc1[N+](=O)[O-])OC. The van der Waals surface area contributed by atoms with Crippen LogP contribution < -0.4 is 5.32 Å². The number of nitrogens with one attached hydrogen (secondary N) is 1. The maximum atomic E-state index is 11.8. The minimum absolute atomic E-state index is 0.00853. The Bertz CT molecular complexity index is 478. The third-order valence-electron chi connectivity index (χ3n) is 2.25. The Kier molecular flexibility index (Phi) is 5.61. The number of amides is 1. The van der Waals surface area contributed by atoms with Gasteiger partial charge in [0.05, 0.1) is 11.5 Å². The van der Waals surface area contributed by atoms with Gasteiger partial charge in [0.2, 0.25) is 0 Å². The van der Waals surface area contributed by atoms with Crippen LogP contribution in [0.2, 0.25) is 5.15 Å². The summed E-state index contributed by atoms with van der Waals surface area (Å²) < 4.78 is 9.76. The molecule has 0 atom stereocenters. The summed E-state index contributed by atoms with van der Waals surface area (Å²) >= 11 is 5.62. The highest BCUT2D eigenvalue weighted by molar-refractivity contribution is 6.29. The third-order valence-corrected chi connectivity index (χ3v) is 2.45. The number of halogens is 1. The summed E-state index contributed by atoms with van der Waals surface area (Å²) in [5.74, 6) is -0.657. The normalized spacial score (nSPS) is 10.5. The van der Waals surface area contributed by atoms with Gasteiger partial charge in [0.25, 0.3) is 11.6 Å². The van der Waals surface area contributed by atoms with E-state index < -0.39 is 22.8 Å². The van der Waals surface area contributed by atoms with Crippen LogP contribution in [0.25, 0.3) is 0 Å². The van der Waals surface area contributed by atoms with Crippen molar-refractivity contribution in [1.29, 1.82) is 0 Å². The van der Waals surface area contributed by atoms with Gasteiger partial charge in [0, 0.05) is 14.2 Å². The number of pyridine rings is 1. The predicted octanol–water partition coefficient (Wildman–Crippen LogP) is 0.992. The molecule has 0 aliphatic heterocycles. The van der Waals surface area contributed by atoms with E-state index in [1.165, 1.54) is 14.2 Å². The van der Waals surface area contributed by atoms with Crippen LogP contribution in [0.5, 0.6) is 0 Å². The smallest absolute Gasteiger partial charge is 0.300 e. The Hall–Kier alpha value is -1.77. The Morgan fingerprint density at radius 2 is 2.21 bits per heavy atom. The predicted molar refractivity (Wildman–Crippen MR) is 66.0 cm³/mol. The number of nitrogens with zero attached hydrogens (tertiary/aromatic N) is 2. The zero-order valence-electron chi connectivity index (χ0n) is 10.3. The zero-order valence-corrected chi connectivity index (χ0v) is 11.0. The van der Waals surface area contributed by atoms with Crippen molar-refractivity contribution >= 4 is 23.2 Å². The molecule has 0 fully saturated rings. The molecule has 1 heterocycles. The highest BCUT2D eigenvalue weighted by atomic mass is 35.5. The number of rotatable bonds is 6. The molecule has 0 aromatic carbocycles. The first-order chi connectivity index (χ1) is 8.99. The minimum Gasteiger partial charge on any atom is -0.354 e. The fourth-order valence-corrected chi connectivity index (χ4v) is 1.44. The Morgan fingerprint density at radius 3 is 2.74 bits per heavy atom. The maximum absolute atomic E-state index is 11.8. The van der Waals surface area contributed by atoms with Crippen molar-refractivity contribution in [2.24, 2.45) is 0 Å². The van der Waals surface area contributed by atoms with E-state index in [2.05, 4.69) is 10.3 Å².